The van der Waals surface area contributed by atoms with Crippen molar-refractivity contribution in [3.63, 3.8) is 0 Å². The van der Waals surface area contributed by atoms with E-state index in [0.717, 1.165) is 25.7 Å². The number of amides is 2. The molecule has 2 N–H and O–H groups in total. The van der Waals surface area contributed by atoms with Crippen LogP contribution in [0, 0.1) is 0 Å². The van der Waals surface area contributed by atoms with Gasteiger partial charge in [0.05, 0.1) is 16.6 Å². The van der Waals surface area contributed by atoms with Gasteiger partial charge in [-0.2, -0.15) is 0 Å². The van der Waals surface area contributed by atoms with Crippen LogP contribution in [0.4, 0.5) is 0 Å². The fourth-order valence-electron chi connectivity index (χ4n) is 2.00. The molecule has 0 aliphatic carbocycles. The number of unbranched alkanes of at least 4 members (excludes halogenated alkanes) is 2. The monoisotopic (exact) mass is 344 g/mol. The van der Waals surface area contributed by atoms with Gasteiger partial charge < -0.3 is 10.6 Å². The molecule has 0 saturated carbocycles. The molecule has 1 aromatic carbocycles. The summed E-state index contributed by atoms with van der Waals surface area (Å²) in [6.45, 7) is 4.05. The normalized spacial score (nSPS) is 11.8. The van der Waals surface area contributed by atoms with Crippen LogP contribution in [0.5, 0.6) is 0 Å². The molecule has 6 heteroatoms. The molecule has 0 aromatic heterocycles. The molecule has 1 atom stereocenters. The van der Waals surface area contributed by atoms with Crippen molar-refractivity contribution in [1.82, 2.24) is 10.6 Å². The third-order valence-corrected chi connectivity index (χ3v) is 3.98. The van der Waals surface area contributed by atoms with Crippen molar-refractivity contribution in [2.45, 2.75) is 45.6 Å². The van der Waals surface area contributed by atoms with Gasteiger partial charge in [-0.25, -0.2) is 0 Å². The smallest absolute Gasteiger partial charge is 0.251 e. The zero-order chi connectivity index (χ0) is 16.5. The fourth-order valence-corrected chi connectivity index (χ4v) is 2.30. The number of rotatable bonds is 8. The van der Waals surface area contributed by atoms with Crippen LogP contribution in [0.3, 0.4) is 0 Å². The van der Waals surface area contributed by atoms with Crippen LogP contribution in [0.1, 0.15) is 49.9 Å². The van der Waals surface area contributed by atoms with E-state index in [-0.39, 0.29) is 24.4 Å². The first-order valence-corrected chi connectivity index (χ1v) is 8.22. The summed E-state index contributed by atoms with van der Waals surface area (Å²) in [5.41, 5.74) is 0.373. The molecule has 1 unspecified atom stereocenters. The topological polar surface area (TPSA) is 58.2 Å². The highest BCUT2D eigenvalue weighted by Gasteiger charge is 2.11. The Morgan fingerprint density at radius 2 is 1.91 bits per heavy atom. The molecule has 122 valence electrons. The summed E-state index contributed by atoms with van der Waals surface area (Å²) in [7, 11) is 0. The summed E-state index contributed by atoms with van der Waals surface area (Å²) < 4.78 is 0. The van der Waals surface area contributed by atoms with Crippen molar-refractivity contribution in [2.24, 2.45) is 0 Å². The zero-order valence-electron chi connectivity index (χ0n) is 12.9. The van der Waals surface area contributed by atoms with Crippen molar-refractivity contribution >= 4 is 35.0 Å². The Hall–Kier alpha value is -1.26. The van der Waals surface area contributed by atoms with Gasteiger partial charge in [-0.05, 0) is 31.5 Å². The summed E-state index contributed by atoms with van der Waals surface area (Å²) in [5.74, 6) is -0.551. The quantitative estimate of drug-likeness (QED) is 0.704. The Morgan fingerprint density at radius 1 is 1.18 bits per heavy atom. The molecule has 0 bridgehead atoms. The van der Waals surface area contributed by atoms with Gasteiger partial charge in [0.25, 0.3) is 5.91 Å². The van der Waals surface area contributed by atoms with E-state index in [4.69, 9.17) is 23.2 Å². The van der Waals surface area contributed by atoms with E-state index in [1.54, 1.807) is 12.1 Å². The molecule has 1 aromatic rings. The summed E-state index contributed by atoms with van der Waals surface area (Å²) in [6, 6.07) is 4.70. The van der Waals surface area contributed by atoms with Crippen molar-refractivity contribution in [3.8, 4) is 0 Å². The van der Waals surface area contributed by atoms with Gasteiger partial charge in [0.2, 0.25) is 5.91 Å². The first-order chi connectivity index (χ1) is 10.4. The fraction of sp³-hybridized carbons (Fsp3) is 0.500. The number of hydrogen-bond acceptors (Lipinski definition) is 2. The molecular weight excluding hydrogens is 323 g/mol. The Morgan fingerprint density at radius 3 is 2.55 bits per heavy atom. The molecule has 2 amide bonds. The van der Waals surface area contributed by atoms with E-state index < -0.39 is 0 Å². The number of halogens is 2. The van der Waals surface area contributed by atoms with E-state index in [9.17, 15) is 9.59 Å². The number of benzene rings is 1. The van der Waals surface area contributed by atoms with Crippen LogP contribution >= 0.6 is 23.2 Å². The maximum Gasteiger partial charge on any atom is 0.251 e. The molecular formula is C16H22Cl2N2O2. The Bertz CT molecular complexity index is 521. The van der Waals surface area contributed by atoms with Crippen molar-refractivity contribution < 1.29 is 9.59 Å². The molecule has 4 nitrogen and oxygen atoms in total. The van der Waals surface area contributed by atoms with Crippen LogP contribution < -0.4 is 10.6 Å². The Labute approximate surface area is 141 Å². The van der Waals surface area contributed by atoms with Crippen molar-refractivity contribution in [1.29, 1.82) is 0 Å². The molecule has 0 aliphatic heterocycles. The molecule has 1 rings (SSSR count). The molecule has 22 heavy (non-hydrogen) atoms. The van der Waals surface area contributed by atoms with Gasteiger partial charge in [0.15, 0.2) is 0 Å². The molecule has 0 heterocycles. The van der Waals surface area contributed by atoms with Gasteiger partial charge in [0, 0.05) is 11.6 Å². The van der Waals surface area contributed by atoms with Crippen LogP contribution in [0.2, 0.25) is 10.0 Å². The Kier molecular flexibility index (Phi) is 8.28. The highest BCUT2D eigenvalue weighted by Crippen LogP contribution is 2.22. The van der Waals surface area contributed by atoms with Crippen molar-refractivity contribution in [3.05, 3.63) is 33.8 Å². The lowest BCUT2D eigenvalue weighted by Crippen LogP contribution is -2.40. The van der Waals surface area contributed by atoms with Crippen LogP contribution in [-0.4, -0.2) is 24.4 Å². The standard InChI is InChI=1S/C16H22Cl2N2O2/c1-3-4-5-6-11(2)20-15(21)10-19-16(22)12-7-8-13(17)14(18)9-12/h7-9,11H,3-6,10H2,1-2H3,(H,19,22)(H,20,21). The van der Waals surface area contributed by atoms with E-state index in [1.807, 2.05) is 6.92 Å². The number of carbonyl (C=O) groups is 2. The Balaban J connectivity index is 2.36. The average Bonchev–Trinajstić information content (AvgIpc) is 2.48. The lowest BCUT2D eigenvalue weighted by atomic mass is 10.1. The van der Waals surface area contributed by atoms with E-state index in [1.165, 1.54) is 6.07 Å². The second kappa shape index (κ2) is 9.70. The zero-order valence-corrected chi connectivity index (χ0v) is 14.4. The minimum Gasteiger partial charge on any atom is -0.352 e. The highest BCUT2D eigenvalue weighted by atomic mass is 35.5. The summed E-state index contributed by atoms with van der Waals surface area (Å²) >= 11 is 11.7. The molecule has 0 radical (unpaired) electrons. The third kappa shape index (κ3) is 6.67. The first kappa shape index (κ1) is 18.8. The van der Waals surface area contributed by atoms with E-state index >= 15 is 0 Å². The van der Waals surface area contributed by atoms with Gasteiger partial charge in [-0.15, -0.1) is 0 Å². The summed E-state index contributed by atoms with van der Waals surface area (Å²) in [6.07, 6.45) is 4.35. The van der Waals surface area contributed by atoms with Crippen LogP contribution in [0.25, 0.3) is 0 Å². The maximum absolute atomic E-state index is 11.9. The SMILES string of the molecule is CCCCCC(C)NC(=O)CNC(=O)c1ccc(Cl)c(Cl)c1. The van der Waals surface area contributed by atoms with Gasteiger partial charge >= 0.3 is 0 Å². The number of carbonyl (C=O) groups excluding carboxylic acids is 2. The average molecular weight is 345 g/mol. The number of nitrogens with one attached hydrogen (secondary N) is 2. The second-order valence-corrected chi connectivity index (χ2v) is 6.09. The van der Waals surface area contributed by atoms with Crippen LogP contribution in [0.15, 0.2) is 18.2 Å². The lowest BCUT2D eigenvalue weighted by molar-refractivity contribution is -0.120. The third-order valence-electron chi connectivity index (χ3n) is 3.24. The van der Waals surface area contributed by atoms with E-state index in [0.29, 0.717) is 15.6 Å². The minimum absolute atomic E-state index is 0.0583. The molecule has 0 saturated heterocycles. The number of hydrogen-bond donors (Lipinski definition) is 2. The van der Waals surface area contributed by atoms with E-state index in [2.05, 4.69) is 17.6 Å². The maximum atomic E-state index is 11.9. The molecule has 0 fully saturated rings. The second-order valence-electron chi connectivity index (χ2n) is 5.28. The molecule has 0 spiro atoms. The van der Waals surface area contributed by atoms with Gasteiger partial charge in [-0.3, -0.25) is 9.59 Å². The van der Waals surface area contributed by atoms with Gasteiger partial charge in [0.1, 0.15) is 0 Å². The molecule has 0 aliphatic rings. The summed E-state index contributed by atoms with van der Waals surface area (Å²) in [4.78, 5) is 23.7. The summed E-state index contributed by atoms with van der Waals surface area (Å²) in [5, 5.41) is 6.13. The highest BCUT2D eigenvalue weighted by molar-refractivity contribution is 6.42. The minimum atomic E-state index is -0.354. The largest absolute Gasteiger partial charge is 0.352 e. The first-order valence-electron chi connectivity index (χ1n) is 7.46. The van der Waals surface area contributed by atoms with Crippen LogP contribution in [-0.2, 0) is 4.79 Å². The van der Waals surface area contributed by atoms with Crippen molar-refractivity contribution in [2.75, 3.05) is 6.54 Å². The predicted molar refractivity (Wildman–Crippen MR) is 90.5 cm³/mol. The predicted octanol–water partition coefficient (Wildman–Crippen LogP) is 3.81. The van der Waals surface area contributed by atoms with Gasteiger partial charge in [-0.1, -0.05) is 49.4 Å². The lowest BCUT2D eigenvalue weighted by Gasteiger charge is -2.14.